The van der Waals surface area contributed by atoms with E-state index < -0.39 is 0 Å². The summed E-state index contributed by atoms with van der Waals surface area (Å²) in [5, 5.41) is 3.07. The van der Waals surface area contributed by atoms with Crippen molar-refractivity contribution in [3.05, 3.63) is 0 Å². The molecule has 0 bridgehead atoms. The van der Waals surface area contributed by atoms with E-state index in [1.165, 1.54) is 0 Å². The normalized spacial score (nSPS) is 20.1. The molecular weight excluding hydrogens is 226 g/mol. The Morgan fingerprint density at radius 1 is 1.44 bits per heavy atom. The molecule has 1 rings (SSSR count). The molecule has 1 fully saturated rings. The van der Waals surface area contributed by atoms with Gasteiger partial charge in [0.2, 0.25) is 5.91 Å². The molecule has 1 aliphatic carbocycles. The monoisotopic (exact) mass is 255 g/mol. The molecule has 0 aliphatic heterocycles. The second-order valence-electron chi connectivity index (χ2n) is 5.69. The molecule has 1 amide bonds. The van der Waals surface area contributed by atoms with Gasteiger partial charge in [0.15, 0.2) is 0 Å². The van der Waals surface area contributed by atoms with E-state index in [-0.39, 0.29) is 11.3 Å². The fraction of sp³-hybridized carbons (Fsp3) is 0.929. The van der Waals surface area contributed by atoms with Gasteiger partial charge < -0.3 is 16.0 Å². The maximum atomic E-state index is 12.2. The molecule has 1 aliphatic rings. The molecule has 0 aromatic rings. The summed E-state index contributed by atoms with van der Waals surface area (Å²) < 4.78 is 0. The fourth-order valence-electron chi connectivity index (χ4n) is 2.64. The van der Waals surface area contributed by atoms with Gasteiger partial charge in [-0.15, -0.1) is 0 Å². The first-order valence-corrected chi connectivity index (χ1v) is 7.24. The number of nitrogens with one attached hydrogen (secondary N) is 1. The third-order valence-corrected chi connectivity index (χ3v) is 4.53. The topological polar surface area (TPSA) is 58.4 Å². The van der Waals surface area contributed by atoms with Crippen molar-refractivity contribution in [1.82, 2.24) is 10.2 Å². The van der Waals surface area contributed by atoms with Gasteiger partial charge in [-0.2, -0.15) is 0 Å². The van der Waals surface area contributed by atoms with E-state index >= 15 is 0 Å². The van der Waals surface area contributed by atoms with Gasteiger partial charge in [-0.3, -0.25) is 4.79 Å². The van der Waals surface area contributed by atoms with Crippen LogP contribution >= 0.6 is 0 Å². The SMILES string of the molecule is CCC(C)N(C)CCNC(=O)C1(CN)CCCC1. The van der Waals surface area contributed by atoms with Crippen LogP contribution in [0, 0.1) is 5.41 Å². The second kappa shape index (κ2) is 7.10. The van der Waals surface area contributed by atoms with Crippen LogP contribution in [0.3, 0.4) is 0 Å². The highest BCUT2D eigenvalue weighted by molar-refractivity contribution is 5.83. The van der Waals surface area contributed by atoms with Crippen molar-refractivity contribution in [2.24, 2.45) is 11.1 Å². The van der Waals surface area contributed by atoms with E-state index in [4.69, 9.17) is 5.73 Å². The Labute approximate surface area is 111 Å². The standard InChI is InChI=1S/C14H29N3O/c1-4-12(2)17(3)10-9-16-13(18)14(11-15)7-5-6-8-14/h12H,4-11,15H2,1-3H3,(H,16,18). The summed E-state index contributed by atoms with van der Waals surface area (Å²) in [6.07, 6.45) is 5.32. The molecule has 0 spiro atoms. The Balaban J connectivity index is 2.32. The molecule has 4 nitrogen and oxygen atoms in total. The van der Waals surface area contributed by atoms with E-state index in [0.29, 0.717) is 12.6 Å². The molecule has 0 aromatic heterocycles. The van der Waals surface area contributed by atoms with E-state index in [9.17, 15) is 4.79 Å². The molecule has 1 atom stereocenters. The maximum absolute atomic E-state index is 12.2. The quantitative estimate of drug-likeness (QED) is 0.722. The van der Waals surface area contributed by atoms with E-state index in [2.05, 4.69) is 31.1 Å². The molecule has 18 heavy (non-hydrogen) atoms. The van der Waals surface area contributed by atoms with Gasteiger partial charge in [0, 0.05) is 25.7 Å². The lowest BCUT2D eigenvalue weighted by Crippen LogP contribution is -2.46. The molecule has 0 aromatic carbocycles. The Morgan fingerprint density at radius 3 is 2.56 bits per heavy atom. The molecule has 4 heteroatoms. The third-order valence-electron chi connectivity index (χ3n) is 4.53. The van der Waals surface area contributed by atoms with Crippen molar-refractivity contribution in [2.45, 2.75) is 52.0 Å². The first kappa shape index (κ1) is 15.4. The van der Waals surface area contributed by atoms with E-state index in [1.807, 2.05) is 0 Å². The highest BCUT2D eigenvalue weighted by Gasteiger charge is 2.39. The van der Waals surface area contributed by atoms with Crippen LogP contribution < -0.4 is 11.1 Å². The fourth-order valence-corrected chi connectivity index (χ4v) is 2.64. The van der Waals surface area contributed by atoms with Gasteiger partial charge in [0.05, 0.1) is 5.41 Å². The zero-order valence-corrected chi connectivity index (χ0v) is 12.2. The largest absolute Gasteiger partial charge is 0.354 e. The summed E-state index contributed by atoms with van der Waals surface area (Å²) in [5.74, 6) is 0.167. The number of nitrogens with zero attached hydrogens (tertiary/aromatic N) is 1. The number of carbonyl (C=O) groups is 1. The lowest BCUT2D eigenvalue weighted by Gasteiger charge is -2.27. The molecule has 0 radical (unpaired) electrons. The van der Waals surface area contributed by atoms with Crippen molar-refractivity contribution < 1.29 is 4.79 Å². The first-order chi connectivity index (χ1) is 8.55. The zero-order valence-electron chi connectivity index (χ0n) is 12.2. The number of rotatable bonds is 7. The Kier molecular flexibility index (Phi) is 6.09. The van der Waals surface area contributed by atoms with Crippen LogP contribution in [-0.2, 0) is 4.79 Å². The van der Waals surface area contributed by atoms with Crippen molar-refractivity contribution in [3.63, 3.8) is 0 Å². The molecule has 0 heterocycles. The van der Waals surface area contributed by atoms with Crippen LogP contribution in [0.1, 0.15) is 46.0 Å². The average molecular weight is 255 g/mol. The van der Waals surface area contributed by atoms with Crippen molar-refractivity contribution in [1.29, 1.82) is 0 Å². The number of hydrogen-bond donors (Lipinski definition) is 2. The predicted molar refractivity (Wildman–Crippen MR) is 75.3 cm³/mol. The number of carbonyl (C=O) groups excluding carboxylic acids is 1. The number of amides is 1. The second-order valence-corrected chi connectivity index (χ2v) is 5.69. The zero-order chi connectivity index (χ0) is 13.6. The summed E-state index contributed by atoms with van der Waals surface area (Å²) in [7, 11) is 2.11. The third kappa shape index (κ3) is 3.69. The Morgan fingerprint density at radius 2 is 2.06 bits per heavy atom. The molecule has 1 unspecified atom stereocenters. The minimum atomic E-state index is -0.269. The minimum Gasteiger partial charge on any atom is -0.354 e. The average Bonchev–Trinajstić information content (AvgIpc) is 2.87. The number of hydrogen-bond acceptors (Lipinski definition) is 3. The van der Waals surface area contributed by atoms with Gasteiger partial charge in [-0.1, -0.05) is 19.8 Å². The van der Waals surface area contributed by atoms with Gasteiger partial charge in [0.1, 0.15) is 0 Å². The van der Waals surface area contributed by atoms with Crippen LogP contribution in [-0.4, -0.2) is 43.5 Å². The summed E-state index contributed by atoms with van der Waals surface area (Å²) >= 11 is 0. The van der Waals surface area contributed by atoms with Crippen molar-refractivity contribution in [2.75, 3.05) is 26.7 Å². The lowest BCUT2D eigenvalue weighted by atomic mass is 9.85. The van der Waals surface area contributed by atoms with Crippen LogP contribution in [0.25, 0.3) is 0 Å². The van der Waals surface area contributed by atoms with Crippen molar-refractivity contribution >= 4 is 5.91 Å². The summed E-state index contributed by atoms with van der Waals surface area (Å²) in [4.78, 5) is 14.5. The molecular formula is C14H29N3O. The first-order valence-electron chi connectivity index (χ1n) is 7.24. The minimum absolute atomic E-state index is 0.167. The van der Waals surface area contributed by atoms with E-state index in [1.54, 1.807) is 0 Å². The van der Waals surface area contributed by atoms with E-state index in [0.717, 1.165) is 45.2 Å². The highest BCUT2D eigenvalue weighted by Crippen LogP contribution is 2.37. The lowest BCUT2D eigenvalue weighted by molar-refractivity contribution is -0.130. The summed E-state index contributed by atoms with van der Waals surface area (Å²) in [5.41, 5.74) is 5.53. The Hall–Kier alpha value is -0.610. The predicted octanol–water partition coefficient (Wildman–Crippen LogP) is 1.35. The smallest absolute Gasteiger partial charge is 0.227 e. The van der Waals surface area contributed by atoms with Crippen molar-refractivity contribution in [3.8, 4) is 0 Å². The maximum Gasteiger partial charge on any atom is 0.227 e. The number of nitrogens with two attached hydrogens (primary N) is 1. The van der Waals surface area contributed by atoms with Crippen LogP contribution in [0.2, 0.25) is 0 Å². The van der Waals surface area contributed by atoms with Crippen LogP contribution in [0.15, 0.2) is 0 Å². The molecule has 1 saturated carbocycles. The number of likely N-dealkylation sites (N-methyl/N-ethyl adjacent to an activating group) is 1. The molecule has 3 N–H and O–H groups in total. The molecule has 106 valence electrons. The molecule has 0 saturated heterocycles. The Bertz CT molecular complexity index is 262. The van der Waals surface area contributed by atoms with Crippen LogP contribution in [0.4, 0.5) is 0 Å². The van der Waals surface area contributed by atoms with Gasteiger partial charge in [-0.25, -0.2) is 0 Å². The highest BCUT2D eigenvalue weighted by atomic mass is 16.2. The van der Waals surface area contributed by atoms with Crippen LogP contribution in [0.5, 0.6) is 0 Å². The summed E-state index contributed by atoms with van der Waals surface area (Å²) in [6, 6.07) is 0.567. The van der Waals surface area contributed by atoms with Gasteiger partial charge >= 0.3 is 0 Å². The summed E-state index contributed by atoms with van der Waals surface area (Å²) in [6.45, 7) is 6.50. The van der Waals surface area contributed by atoms with Gasteiger partial charge in [-0.05, 0) is 33.2 Å². The van der Waals surface area contributed by atoms with Gasteiger partial charge in [0.25, 0.3) is 0 Å².